The number of hydrogen-bond acceptors (Lipinski definition) is 3. The van der Waals surface area contributed by atoms with Crippen LogP contribution in [0.25, 0.3) is 0 Å². The van der Waals surface area contributed by atoms with E-state index in [-0.39, 0.29) is 5.91 Å². The standard InChI is InChI=1S/C17H26N2O2/c1-3-4-12-5-8-14(9-6-12)19-17(20)13-7-10-15(18)16(11-13)21-2/h7,10-12,14H,3-6,8-9,18H2,1-2H3,(H,19,20). The lowest BCUT2D eigenvalue weighted by Crippen LogP contribution is -2.37. The molecule has 0 saturated heterocycles. The van der Waals surface area contributed by atoms with E-state index < -0.39 is 0 Å². The lowest BCUT2D eigenvalue weighted by atomic mass is 9.83. The summed E-state index contributed by atoms with van der Waals surface area (Å²) in [6.07, 6.45) is 7.20. The number of rotatable bonds is 5. The van der Waals surface area contributed by atoms with Gasteiger partial charge in [-0.3, -0.25) is 4.79 Å². The van der Waals surface area contributed by atoms with Crippen LogP contribution in [0.3, 0.4) is 0 Å². The van der Waals surface area contributed by atoms with E-state index >= 15 is 0 Å². The third-order valence-corrected chi connectivity index (χ3v) is 4.37. The Morgan fingerprint density at radius 1 is 1.33 bits per heavy atom. The van der Waals surface area contributed by atoms with Crippen LogP contribution in [0.2, 0.25) is 0 Å². The molecule has 4 nitrogen and oxygen atoms in total. The van der Waals surface area contributed by atoms with Crippen molar-refractivity contribution in [3.63, 3.8) is 0 Å². The predicted molar refractivity (Wildman–Crippen MR) is 85.5 cm³/mol. The zero-order chi connectivity index (χ0) is 15.2. The van der Waals surface area contributed by atoms with Gasteiger partial charge in [0.1, 0.15) is 5.75 Å². The second kappa shape index (κ2) is 7.34. The van der Waals surface area contributed by atoms with Crippen molar-refractivity contribution in [3.8, 4) is 5.75 Å². The van der Waals surface area contributed by atoms with Crippen molar-refractivity contribution in [2.75, 3.05) is 12.8 Å². The van der Waals surface area contributed by atoms with Crippen LogP contribution in [-0.4, -0.2) is 19.1 Å². The minimum Gasteiger partial charge on any atom is -0.495 e. The molecule has 21 heavy (non-hydrogen) atoms. The maximum atomic E-state index is 12.3. The molecule has 1 aliphatic carbocycles. The Hall–Kier alpha value is -1.71. The summed E-state index contributed by atoms with van der Waals surface area (Å²) in [6.45, 7) is 2.24. The van der Waals surface area contributed by atoms with E-state index in [0.29, 0.717) is 23.0 Å². The van der Waals surface area contributed by atoms with Gasteiger partial charge >= 0.3 is 0 Å². The minimum atomic E-state index is -0.0350. The molecule has 1 aromatic rings. The molecule has 1 saturated carbocycles. The molecule has 0 bridgehead atoms. The highest BCUT2D eigenvalue weighted by Gasteiger charge is 2.22. The van der Waals surface area contributed by atoms with Crippen LogP contribution in [0.5, 0.6) is 5.75 Å². The molecule has 0 aromatic heterocycles. The van der Waals surface area contributed by atoms with Gasteiger partial charge in [-0.2, -0.15) is 0 Å². The van der Waals surface area contributed by atoms with Crippen molar-refractivity contribution in [3.05, 3.63) is 23.8 Å². The van der Waals surface area contributed by atoms with Gasteiger partial charge < -0.3 is 15.8 Å². The summed E-state index contributed by atoms with van der Waals surface area (Å²) in [7, 11) is 1.56. The Bertz CT molecular complexity index is 480. The molecule has 1 fully saturated rings. The van der Waals surface area contributed by atoms with Gasteiger partial charge in [-0.25, -0.2) is 0 Å². The van der Waals surface area contributed by atoms with Gasteiger partial charge in [0, 0.05) is 11.6 Å². The topological polar surface area (TPSA) is 64.4 Å². The Balaban J connectivity index is 1.90. The van der Waals surface area contributed by atoms with Gasteiger partial charge in [0.15, 0.2) is 0 Å². The smallest absolute Gasteiger partial charge is 0.251 e. The predicted octanol–water partition coefficient (Wildman–Crippen LogP) is 3.37. The number of carbonyl (C=O) groups is 1. The van der Waals surface area contributed by atoms with Crippen molar-refractivity contribution in [2.24, 2.45) is 5.92 Å². The number of methoxy groups -OCH3 is 1. The first-order valence-electron chi connectivity index (χ1n) is 7.88. The first kappa shape index (κ1) is 15.7. The molecule has 1 aliphatic rings. The van der Waals surface area contributed by atoms with Crippen molar-refractivity contribution in [1.82, 2.24) is 5.32 Å². The fourth-order valence-corrected chi connectivity index (χ4v) is 3.12. The van der Waals surface area contributed by atoms with Gasteiger partial charge in [-0.15, -0.1) is 0 Å². The molecular formula is C17H26N2O2. The summed E-state index contributed by atoms with van der Waals surface area (Å²) in [5.74, 6) is 1.36. The highest BCUT2D eigenvalue weighted by molar-refractivity contribution is 5.95. The van der Waals surface area contributed by atoms with Crippen LogP contribution in [0, 0.1) is 5.92 Å². The highest BCUT2D eigenvalue weighted by Crippen LogP contribution is 2.28. The van der Waals surface area contributed by atoms with E-state index in [1.54, 1.807) is 25.3 Å². The molecule has 2 rings (SSSR count). The van der Waals surface area contributed by atoms with Crippen LogP contribution in [0.1, 0.15) is 55.8 Å². The third-order valence-electron chi connectivity index (χ3n) is 4.37. The minimum absolute atomic E-state index is 0.0350. The number of nitrogen functional groups attached to an aromatic ring is 1. The molecule has 0 radical (unpaired) electrons. The fraction of sp³-hybridized carbons (Fsp3) is 0.588. The van der Waals surface area contributed by atoms with Gasteiger partial charge in [0.25, 0.3) is 5.91 Å². The average Bonchev–Trinajstić information content (AvgIpc) is 2.50. The second-order valence-corrected chi connectivity index (χ2v) is 5.94. The van der Waals surface area contributed by atoms with E-state index in [2.05, 4.69) is 12.2 Å². The molecule has 1 amide bonds. The third kappa shape index (κ3) is 4.13. The van der Waals surface area contributed by atoms with Crippen LogP contribution < -0.4 is 15.8 Å². The number of nitrogens with two attached hydrogens (primary N) is 1. The van der Waals surface area contributed by atoms with Gasteiger partial charge in [-0.05, 0) is 49.8 Å². The number of ether oxygens (including phenoxy) is 1. The van der Waals surface area contributed by atoms with Gasteiger partial charge in [-0.1, -0.05) is 19.8 Å². The van der Waals surface area contributed by atoms with Gasteiger partial charge in [0.05, 0.1) is 12.8 Å². The van der Waals surface area contributed by atoms with E-state index in [9.17, 15) is 4.79 Å². The SMILES string of the molecule is CCCC1CCC(NC(=O)c2ccc(N)c(OC)c2)CC1. The Morgan fingerprint density at radius 3 is 2.67 bits per heavy atom. The second-order valence-electron chi connectivity index (χ2n) is 5.94. The molecule has 4 heteroatoms. The lowest BCUT2D eigenvalue weighted by Gasteiger charge is -2.29. The molecule has 0 unspecified atom stereocenters. The zero-order valence-corrected chi connectivity index (χ0v) is 13.0. The number of anilines is 1. The van der Waals surface area contributed by atoms with E-state index in [1.165, 1.54) is 25.7 Å². The Kier molecular flexibility index (Phi) is 5.48. The van der Waals surface area contributed by atoms with E-state index in [4.69, 9.17) is 10.5 Å². The van der Waals surface area contributed by atoms with Crippen molar-refractivity contribution >= 4 is 11.6 Å². The molecule has 0 aliphatic heterocycles. The summed E-state index contributed by atoms with van der Waals surface area (Å²) < 4.78 is 5.16. The van der Waals surface area contributed by atoms with Crippen LogP contribution in [0.4, 0.5) is 5.69 Å². The average molecular weight is 290 g/mol. The summed E-state index contributed by atoms with van der Waals surface area (Å²) in [5.41, 5.74) is 6.93. The number of amides is 1. The molecule has 0 spiro atoms. The van der Waals surface area contributed by atoms with E-state index in [0.717, 1.165) is 18.8 Å². The molecule has 1 aromatic carbocycles. The van der Waals surface area contributed by atoms with Gasteiger partial charge in [0.2, 0.25) is 0 Å². The molecule has 0 heterocycles. The normalized spacial score (nSPS) is 21.8. The Labute approximate surface area is 127 Å². The number of carbonyl (C=O) groups excluding carboxylic acids is 1. The molecule has 3 N–H and O–H groups in total. The van der Waals surface area contributed by atoms with Crippen molar-refractivity contribution in [1.29, 1.82) is 0 Å². The molecular weight excluding hydrogens is 264 g/mol. The maximum Gasteiger partial charge on any atom is 0.251 e. The molecule has 0 atom stereocenters. The van der Waals surface area contributed by atoms with Crippen LogP contribution in [0.15, 0.2) is 18.2 Å². The zero-order valence-electron chi connectivity index (χ0n) is 13.0. The number of hydrogen-bond donors (Lipinski definition) is 2. The summed E-state index contributed by atoms with van der Waals surface area (Å²) >= 11 is 0. The largest absolute Gasteiger partial charge is 0.495 e. The van der Waals surface area contributed by atoms with Crippen LogP contribution >= 0.6 is 0 Å². The first-order chi connectivity index (χ1) is 10.1. The summed E-state index contributed by atoms with van der Waals surface area (Å²) in [4.78, 5) is 12.3. The maximum absolute atomic E-state index is 12.3. The lowest BCUT2D eigenvalue weighted by molar-refractivity contribution is 0.0921. The number of benzene rings is 1. The Morgan fingerprint density at radius 2 is 2.05 bits per heavy atom. The van der Waals surface area contributed by atoms with Crippen LogP contribution in [-0.2, 0) is 0 Å². The summed E-state index contributed by atoms with van der Waals surface area (Å²) in [6, 6.07) is 5.46. The van der Waals surface area contributed by atoms with Crippen molar-refractivity contribution < 1.29 is 9.53 Å². The number of nitrogens with one attached hydrogen (secondary N) is 1. The monoisotopic (exact) mass is 290 g/mol. The quantitative estimate of drug-likeness (QED) is 0.817. The van der Waals surface area contributed by atoms with E-state index in [1.807, 2.05) is 0 Å². The highest BCUT2D eigenvalue weighted by atomic mass is 16.5. The molecule has 116 valence electrons. The fourth-order valence-electron chi connectivity index (χ4n) is 3.12. The van der Waals surface area contributed by atoms with Crippen molar-refractivity contribution in [2.45, 2.75) is 51.5 Å². The first-order valence-corrected chi connectivity index (χ1v) is 7.88. The summed E-state index contributed by atoms with van der Waals surface area (Å²) in [5, 5.41) is 3.13.